The maximum absolute atomic E-state index is 5.75. The van der Waals surface area contributed by atoms with E-state index in [1.807, 2.05) is 39.0 Å². The highest BCUT2D eigenvalue weighted by Gasteiger charge is 2.45. The standard InChI is InChI=1S/C15H26O5Si/c1-4-8-18-21(19-9-5-2,20-10-6-3)12-7-11-16-13-15-14-17-15/h4-6,8-10,15H,7,11-14H2,1-3H3. The van der Waals surface area contributed by atoms with Gasteiger partial charge in [-0.3, -0.25) is 0 Å². The molecule has 1 saturated heterocycles. The molecule has 1 heterocycles. The smallest absolute Gasteiger partial charge is 0.490 e. The van der Waals surface area contributed by atoms with Crippen LogP contribution >= 0.6 is 0 Å². The molecule has 0 bridgehead atoms. The second-order valence-corrected chi connectivity index (χ2v) is 7.15. The minimum atomic E-state index is -2.79. The Morgan fingerprint density at radius 3 is 1.95 bits per heavy atom. The Hall–Kier alpha value is -1.24. The molecule has 0 spiro atoms. The summed E-state index contributed by atoms with van der Waals surface area (Å²) in [5.74, 6) is 0. The average molecular weight is 314 g/mol. The summed E-state index contributed by atoms with van der Waals surface area (Å²) in [6.07, 6.45) is 11.4. The van der Waals surface area contributed by atoms with Gasteiger partial charge >= 0.3 is 8.80 Å². The molecule has 0 aromatic carbocycles. The monoisotopic (exact) mass is 314 g/mol. The van der Waals surface area contributed by atoms with Gasteiger partial charge in [-0.25, -0.2) is 0 Å². The van der Waals surface area contributed by atoms with Crippen LogP contribution in [0, 0.1) is 0 Å². The molecule has 1 aliphatic rings. The second kappa shape index (κ2) is 10.5. The minimum Gasteiger partial charge on any atom is -0.490 e. The predicted molar refractivity (Wildman–Crippen MR) is 83.4 cm³/mol. The van der Waals surface area contributed by atoms with Crippen LogP contribution in [0.1, 0.15) is 27.2 Å². The number of hydrogen-bond donors (Lipinski definition) is 0. The lowest BCUT2D eigenvalue weighted by atomic mass is 10.5. The first kappa shape index (κ1) is 17.8. The van der Waals surface area contributed by atoms with Gasteiger partial charge in [0.2, 0.25) is 0 Å². The van der Waals surface area contributed by atoms with Gasteiger partial charge in [0.25, 0.3) is 0 Å². The van der Waals surface area contributed by atoms with Crippen LogP contribution in [0.3, 0.4) is 0 Å². The first-order chi connectivity index (χ1) is 10.3. The lowest BCUT2D eigenvalue weighted by Gasteiger charge is -2.25. The fraction of sp³-hybridized carbons (Fsp3) is 0.600. The molecular weight excluding hydrogens is 288 g/mol. The SMILES string of the molecule is CC=CO[Si](CCCOCC1CO1)(OC=CC)OC=CC. The van der Waals surface area contributed by atoms with E-state index in [-0.39, 0.29) is 0 Å². The van der Waals surface area contributed by atoms with Gasteiger partial charge in [-0.05, 0) is 27.2 Å². The molecule has 1 atom stereocenters. The van der Waals surface area contributed by atoms with Crippen molar-refractivity contribution in [3.05, 3.63) is 37.0 Å². The molecule has 0 N–H and O–H groups in total. The molecule has 6 heteroatoms. The van der Waals surface area contributed by atoms with Crippen LogP contribution in [-0.2, 0) is 22.8 Å². The maximum atomic E-state index is 5.75. The van der Waals surface area contributed by atoms with Gasteiger partial charge in [0.1, 0.15) is 6.10 Å². The molecule has 0 amide bonds. The highest BCUT2D eigenvalue weighted by molar-refractivity contribution is 6.61. The minimum absolute atomic E-state index is 0.296. The molecule has 1 aliphatic heterocycles. The highest BCUT2D eigenvalue weighted by Crippen LogP contribution is 2.20. The number of hydrogen-bond acceptors (Lipinski definition) is 5. The van der Waals surface area contributed by atoms with Crippen molar-refractivity contribution < 1.29 is 22.8 Å². The van der Waals surface area contributed by atoms with Crippen LogP contribution in [0.5, 0.6) is 0 Å². The Morgan fingerprint density at radius 1 is 1.00 bits per heavy atom. The van der Waals surface area contributed by atoms with Crippen molar-refractivity contribution in [1.29, 1.82) is 0 Å². The molecule has 0 aliphatic carbocycles. The molecule has 120 valence electrons. The molecule has 0 aromatic rings. The topological polar surface area (TPSA) is 49.5 Å². The Kier molecular flexibility index (Phi) is 8.89. The number of ether oxygens (including phenoxy) is 2. The van der Waals surface area contributed by atoms with E-state index in [0.717, 1.165) is 13.0 Å². The number of epoxide rings is 1. The Bertz CT molecular complexity index is 314. The average Bonchev–Trinajstić information content (AvgIpc) is 3.32. The van der Waals surface area contributed by atoms with E-state index >= 15 is 0 Å². The van der Waals surface area contributed by atoms with Crippen molar-refractivity contribution in [2.45, 2.75) is 39.3 Å². The molecule has 5 nitrogen and oxygen atoms in total. The summed E-state index contributed by atoms with van der Waals surface area (Å²) in [5, 5.41) is 0. The third-order valence-corrected chi connectivity index (χ3v) is 5.08. The van der Waals surface area contributed by atoms with Crippen molar-refractivity contribution in [3.63, 3.8) is 0 Å². The van der Waals surface area contributed by atoms with Crippen molar-refractivity contribution in [2.24, 2.45) is 0 Å². The summed E-state index contributed by atoms with van der Waals surface area (Å²) in [6.45, 7) is 7.80. The molecule has 0 aromatic heterocycles. The Morgan fingerprint density at radius 2 is 1.52 bits per heavy atom. The lowest BCUT2D eigenvalue weighted by Crippen LogP contribution is -2.41. The van der Waals surface area contributed by atoms with Crippen LogP contribution in [0.4, 0.5) is 0 Å². The van der Waals surface area contributed by atoms with Crippen LogP contribution in [0.15, 0.2) is 37.0 Å². The molecule has 0 saturated carbocycles. The number of allylic oxidation sites excluding steroid dienone is 3. The van der Waals surface area contributed by atoms with E-state index in [2.05, 4.69) is 0 Å². The third-order valence-electron chi connectivity index (χ3n) is 2.63. The van der Waals surface area contributed by atoms with Gasteiger partial charge < -0.3 is 22.8 Å². The van der Waals surface area contributed by atoms with Crippen LogP contribution in [-0.4, -0.2) is 34.7 Å². The van der Waals surface area contributed by atoms with Crippen molar-refractivity contribution in [1.82, 2.24) is 0 Å². The van der Waals surface area contributed by atoms with Crippen molar-refractivity contribution in [2.75, 3.05) is 19.8 Å². The van der Waals surface area contributed by atoms with Crippen LogP contribution < -0.4 is 0 Å². The molecule has 1 rings (SSSR count). The van der Waals surface area contributed by atoms with Gasteiger partial charge in [-0.1, -0.05) is 18.2 Å². The molecular formula is C15H26O5Si. The van der Waals surface area contributed by atoms with Gasteiger partial charge in [-0.15, -0.1) is 0 Å². The van der Waals surface area contributed by atoms with Crippen molar-refractivity contribution in [3.8, 4) is 0 Å². The molecule has 21 heavy (non-hydrogen) atoms. The predicted octanol–water partition coefficient (Wildman–Crippen LogP) is 3.38. The van der Waals surface area contributed by atoms with Gasteiger partial charge in [0, 0.05) is 6.61 Å². The highest BCUT2D eigenvalue weighted by atomic mass is 28.4. The summed E-state index contributed by atoms with van der Waals surface area (Å²) in [4.78, 5) is 0. The molecule has 1 unspecified atom stereocenters. The zero-order valence-corrected chi connectivity index (χ0v) is 14.1. The third kappa shape index (κ3) is 7.94. The van der Waals surface area contributed by atoms with Crippen molar-refractivity contribution >= 4 is 8.80 Å². The number of rotatable bonds is 12. The normalized spacial score (nSPS) is 21.0. The van der Waals surface area contributed by atoms with Gasteiger partial charge in [-0.2, -0.15) is 0 Å². The fourth-order valence-corrected chi connectivity index (χ4v) is 3.67. The molecule has 0 radical (unpaired) electrons. The Balaban J connectivity index is 2.47. The van der Waals surface area contributed by atoms with Crippen LogP contribution in [0.2, 0.25) is 6.04 Å². The summed E-state index contributed by atoms with van der Waals surface area (Å²) >= 11 is 0. The van der Waals surface area contributed by atoms with E-state index in [1.54, 1.807) is 18.8 Å². The lowest BCUT2D eigenvalue weighted by molar-refractivity contribution is 0.111. The zero-order chi connectivity index (χ0) is 15.4. The quantitative estimate of drug-likeness (QED) is 0.239. The maximum Gasteiger partial charge on any atom is 0.698 e. The summed E-state index contributed by atoms with van der Waals surface area (Å²) < 4.78 is 27.9. The van der Waals surface area contributed by atoms with Crippen LogP contribution in [0.25, 0.3) is 0 Å². The van der Waals surface area contributed by atoms with Gasteiger partial charge in [0.05, 0.1) is 38.0 Å². The van der Waals surface area contributed by atoms with Gasteiger partial charge in [0.15, 0.2) is 0 Å². The fourth-order valence-electron chi connectivity index (χ4n) is 1.55. The summed E-state index contributed by atoms with van der Waals surface area (Å²) in [6, 6.07) is 0.678. The van der Waals surface area contributed by atoms with E-state index in [9.17, 15) is 0 Å². The van der Waals surface area contributed by atoms with E-state index in [4.69, 9.17) is 22.8 Å². The second-order valence-electron chi connectivity index (χ2n) is 4.58. The summed E-state index contributed by atoms with van der Waals surface area (Å²) in [7, 11) is -2.79. The van der Waals surface area contributed by atoms with E-state index < -0.39 is 8.80 Å². The molecule has 1 fully saturated rings. The largest absolute Gasteiger partial charge is 0.698 e. The first-order valence-electron chi connectivity index (χ1n) is 7.32. The summed E-state index contributed by atoms with van der Waals surface area (Å²) in [5.41, 5.74) is 0. The van der Waals surface area contributed by atoms with E-state index in [0.29, 0.717) is 25.4 Å². The first-order valence-corrected chi connectivity index (χ1v) is 9.26. The Labute approximate surface area is 128 Å². The van der Waals surface area contributed by atoms with E-state index in [1.165, 1.54) is 0 Å². The zero-order valence-electron chi connectivity index (χ0n) is 13.1.